The van der Waals surface area contributed by atoms with Gasteiger partial charge >= 0.3 is 6.55 Å². The monoisotopic (exact) mass is 398 g/mol. The summed E-state index contributed by atoms with van der Waals surface area (Å²) in [4.78, 5) is 24.1. The number of halogens is 3. The van der Waals surface area contributed by atoms with Crippen molar-refractivity contribution >= 4 is 5.91 Å². The van der Waals surface area contributed by atoms with Crippen LogP contribution in [0.25, 0.3) is 0 Å². The zero-order chi connectivity index (χ0) is 20.3. The van der Waals surface area contributed by atoms with Gasteiger partial charge in [0.15, 0.2) is 0 Å². The molecule has 4 atom stereocenters. The molecule has 1 aromatic carbocycles. The number of hydrogen-bond acceptors (Lipinski definition) is 4. The molecule has 0 aromatic heterocycles. The van der Waals surface area contributed by atoms with E-state index in [0.717, 1.165) is 11.6 Å². The average Bonchev–Trinajstić information content (AvgIpc) is 3.08. The molecule has 1 amide bonds. The Morgan fingerprint density at radius 2 is 2.07 bits per heavy atom. The van der Waals surface area contributed by atoms with Gasteiger partial charge in [0, 0.05) is 25.0 Å². The Kier molecular flexibility index (Phi) is 6.30. The van der Waals surface area contributed by atoms with Gasteiger partial charge in [-0.1, -0.05) is 23.7 Å². The molecule has 2 aliphatic heterocycles. The molecule has 0 radical (unpaired) electrons. The second-order valence-electron chi connectivity index (χ2n) is 6.90. The van der Waals surface area contributed by atoms with E-state index < -0.39 is 18.8 Å². The van der Waals surface area contributed by atoms with Crippen LogP contribution in [-0.4, -0.2) is 53.7 Å². The Morgan fingerprint density at radius 3 is 2.68 bits per heavy atom. The lowest BCUT2D eigenvalue weighted by molar-refractivity contribution is -0.732. The minimum Gasteiger partial charge on any atom is -0.351 e. The number of hydrazine groups is 1. The minimum atomic E-state index is -2.86. The predicted octanol–water partition coefficient (Wildman–Crippen LogP) is 1.44. The third kappa shape index (κ3) is 4.50. The van der Waals surface area contributed by atoms with E-state index >= 15 is 0 Å². The van der Waals surface area contributed by atoms with Gasteiger partial charge in [-0.3, -0.25) is 15.4 Å². The summed E-state index contributed by atoms with van der Waals surface area (Å²) in [5.74, 6) is -0.691. The number of carbonyl (C=O) groups is 1. The van der Waals surface area contributed by atoms with Crippen molar-refractivity contribution in [2.45, 2.75) is 43.7 Å². The van der Waals surface area contributed by atoms with Crippen molar-refractivity contribution in [3.63, 3.8) is 0 Å². The molecule has 28 heavy (non-hydrogen) atoms. The van der Waals surface area contributed by atoms with Crippen LogP contribution in [0.1, 0.15) is 24.4 Å². The van der Waals surface area contributed by atoms with Gasteiger partial charge in [-0.15, -0.1) is 0 Å². The van der Waals surface area contributed by atoms with Gasteiger partial charge in [0.1, 0.15) is 16.9 Å². The van der Waals surface area contributed by atoms with Crippen LogP contribution in [0.15, 0.2) is 36.9 Å². The maximum absolute atomic E-state index is 13.3. The average molecular weight is 398 g/mol. The Bertz CT molecular complexity index is 730. The van der Waals surface area contributed by atoms with Crippen molar-refractivity contribution < 1.29 is 22.8 Å². The van der Waals surface area contributed by atoms with Gasteiger partial charge < -0.3 is 5.32 Å². The van der Waals surface area contributed by atoms with Crippen molar-refractivity contribution in [2.24, 2.45) is 0 Å². The van der Waals surface area contributed by atoms with E-state index in [1.165, 1.54) is 12.1 Å². The van der Waals surface area contributed by atoms with Crippen molar-refractivity contribution in [1.29, 1.82) is 0 Å². The smallest absolute Gasteiger partial charge is 0.351 e. The SMILES string of the molecule is C=CC(=O)NCC1CC(c2ccc(F)cc2)NC(C2CCN(C(F)F)[N+]2=O)N1. The van der Waals surface area contributed by atoms with E-state index in [4.69, 9.17) is 0 Å². The highest BCUT2D eigenvalue weighted by molar-refractivity contribution is 5.86. The highest BCUT2D eigenvalue weighted by Crippen LogP contribution is 2.27. The van der Waals surface area contributed by atoms with Crippen LogP contribution in [0, 0.1) is 10.7 Å². The van der Waals surface area contributed by atoms with Crippen molar-refractivity contribution in [3.05, 3.63) is 53.2 Å². The highest BCUT2D eigenvalue weighted by Gasteiger charge is 2.50. The number of nitroso groups, excluding NO2 is 1. The number of amides is 1. The van der Waals surface area contributed by atoms with Crippen LogP contribution in [0.4, 0.5) is 13.2 Å². The summed E-state index contributed by atoms with van der Waals surface area (Å²) in [5.41, 5.74) is 0.814. The minimum absolute atomic E-state index is 0.0369. The second-order valence-corrected chi connectivity index (χ2v) is 6.90. The molecule has 152 valence electrons. The molecule has 4 unspecified atom stereocenters. The lowest BCUT2D eigenvalue weighted by Crippen LogP contribution is -2.63. The Balaban J connectivity index is 1.76. The van der Waals surface area contributed by atoms with Crippen LogP contribution < -0.4 is 16.0 Å². The molecule has 2 aliphatic rings. The zero-order valence-electron chi connectivity index (χ0n) is 15.2. The Morgan fingerprint density at radius 1 is 1.36 bits per heavy atom. The van der Waals surface area contributed by atoms with Crippen LogP contribution in [-0.2, 0) is 4.79 Å². The molecule has 7 nitrogen and oxygen atoms in total. The highest BCUT2D eigenvalue weighted by atomic mass is 19.3. The Labute approximate surface area is 160 Å². The molecular formula is C18H23F3N5O2+. The summed E-state index contributed by atoms with van der Waals surface area (Å²) >= 11 is 0. The first-order valence-electron chi connectivity index (χ1n) is 9.08. The molecule has 0 aliphatic carbocycles. The molecule has 3 rings (SSSR count). The molecule has 10 heteroatoms. The summed E-state index contributed by atoms with van der Waals surface area (Å²) in [5, 5.41) is 9.69. The van der Waals surface area contributed by atoms with E-state index in [0.29, 0.717) is 16.3 Å². The fraction of sp³-hybridized carbons (Fsp3) is 0.500. The number of rotatable bonds is 6. The van der Waals surface area contributed by atoms with E-state index in [-0.39, 0.29) is 43.3 Å². The van der Waals surface area contributed by atoms with Crippen LogP contribution >= 0.6 is 0 Å². The van der Waals surface area contributed by atoms with Crippen LogP contribution in [0.3, 0.4) is 0 Å². The summed E-state index contributed by atoms with van der Waals surface area (Å²) in [6, 6.07) is 4.81. The maximum atomic E-state index is 13.3. The van der Waals surface area contributed by atoms with Gasteiger partial charge in [-0.25, -0.2) is 4.39 Å². The molecule has 3 N–H and O–H groups in total. The summed E-state index contributed by atoms with van der Waals surface area (Å²) in [7, 11) is 0. The third-order valence-electron chi connectivity index (χ3n) is 5.10. The molecule has 2 fully saturated rings. The summed E-state index contributed by atoms with van der Waals surface area (Å²) in [6.07, 6.45) is 1.41. The third-order valence-corrected chi connectivity index (χ3v) is 5.10. The van der Waals surface area contributed by atoms with E-state index in [2.05, 4.69) is 22.5 Å². The number of hydrogen-bond donors (Lipinski definition) is 3. The molecule has 2 saturated heterocycles. The van der Waals surface area contributed by atoms with E-state index in [9.17, 15) is 22.9 Å². The van der Waals surface area contributed by atoms with E-state index in [1.54, 1.807) is 12.1 Å². The fourth-order valence-electron chi connectivity index (χ4n) is 3.67. The van der Waals surface area contributed by atoms with Crippen molar-refractivity contribution in [2.75, 3.05) is 13.1 Å². The normalized spacial score (nSPS) is 27.9. The molecule has 0 saturated carbocycles. The largest absolute Gasteiger partial charge is 0.362 e. The molecular weight excluding hydrogens is 375 g/mol. The summed E-state index contributed by atoms with van der Waals surface area (Å²) < 4.78 is 39.2. The number of nitrogens with zero attached hydrogens (tertiary/aromatic N) is 2. The number of carbonyl (C=O) groups excluding carboxylic acids is 1. The van der Waals surface area contributed by atoms with Gasteiger partial charge in [0.05, 0.1) is 11.5 Å². The van der Waals surface area contributed by atoms with E-state index in [1.807, 2.05) is 0 Å². The quantitative estimate of drug-likeness (QED) is 0.384. The van der Waals surface area contributed by atoms with Gasteiger partial charge in [0.2, 0.25) is 5.91 Å². The van der Waals surface area contributed by atoms with Gasteiger partial charge in [-0.2, -0.15) is 8.78 Å². The van der Waals surface area contributed by atoms with Crippen LogP contribution in [0.5, 0.6) is 0 Å². The van der Waals surface area contributed by atoms with Crippen LogP contribution in [0.2, 0.25) is 0 Å². The molecule has 0 bridgehead atoms. The van der Waals surface area contributed by atoms with Gasteiger partial charge in [0.25, 0.3) is 6.04 Å². The fourth-order valence-corrected chi connectivity index (χ4v) is 3.67. The number of benzene rings is 1. The molecule has 1 aromatic rings. The predicted molar refractivity (Wildman–Crippen MR) is 95.6 cm³/mol. The topological polar surface area (TPSA) is 76.5 Å². The van der Waals surface area contributed by atoms with Crippen molar-refractivity contribution in [3.8, 4) is 0 Å². The number of nitrogens with one attached hydrogen (secondary N) is 3. The standard InChI is InChI=1S/C18H22F3N5O2/c1-2-16(27)22-10-13-9-14(11-3-5-12(19)6-4-11)24-17(23-13)15-7-8-25(18(20)21)26(15)28/h2-6,13-15,17-18,23-24H,1,7-10H2/p+1. The zero-order valence-corrected chi connectivity index (χ0v) is 15.2. The second kappa shape index (κ2) is 8.70. The molecule has 2 heterocycles. The number of alkyl halides is 2. The van der Waals surface area contributed by atoms with Crippen molar-refractivity contribution in [1.82, 2.24) is 21.0 Å². The molecule has 0 spiro atoms. The maximum Gasteiger partial charge on any atom is 0.362 e. The summed E-state index contributed by atoms with van der Waals surface area (Å²) in [6.45, 7) is 0.789. The first-order chi connectivity index (χ1) is 13.4. The first kappa shape index (κ1) is 20.3. The Hall–Kier alpha value is -2.46. The van der Waals surface area contributed by atoms with Gasteiger partial charge in [-0.05, 0) is 30.2 Å². The lowest BCUT2D eigenvalue weighted by Gasteiger charge is -2.37. The lowest BCUT2D eigenvalue weighted by atomic mass is 9.94. The first-order valence-corrected chi connectivity index (χ1v) is 9.08.